The first-order chi connectivity index (χ1) is 8.16. The van der Waals surface area contributed by atoms with Gasteiger partial charge in [-0.15, -0.1) is 5.10 Å². The SMILES string of the molecule is C=CC=CCCCC(C(=O)O)c1nnnn1C. The van der Waals surface area contributed by atoms with E-state index in [1.54, 1.807) is 13.1 Å². The molecular weight excluding hydrogens is 220 g/mol. The van der Waals surface area contributed by atoms with Crippen LogP contribution in [-0.4, -0.2) is 31.3 Å². The first-order valence-corrected chi connectivity index (χ1v) is 5.39. The van der Waals surface area contributed by atoms with Gasteiger partial charge in [0.2, 0.25) is 0 Å². The van der Waals surface area contributed by atoms with Crippen molar-refractivity contribution in [2.75, 3.05) is 0 Å². The zero-order valence-corrected chi connectivity index (χ0v) is 9.78. The number of nitrogens with zero attached hydrogens (tertiary/aromatic N) is 4. The predicted octanol–water partition coefficient (Wildman–Crippen LogP) is 1.29. The second-order valence-electron chi connectivity index (χ2n) is 3.65. The van der Waals surface area contributed by atoms with E-state index in [1.165, 1.54) is 4.68 Å². The van der Waals surface area contributed by atoms with E-state index >= 15 is 0 Å². The largest absolute Gasteiger partial charge is 0.481 e. The van der Waals surface area contributed by atoms with Crippen molar-refractivity contribution in [1.29, 1.82) is 0 Å². The predicted molar refractivity (Wildman–Crippen MR) is 62.4 cm³/mol. The number of unbranched alkanes of at least 4 members (excludes halogenated alkanes) is 1. The van der Waals surface area contributed by atoms with E-state index in [1.807, 2.05) is 12.2 Å². The second-order valence-corrected chi connectivity index (χ2v) is 3.65. The molecule has 0 radical (unpaired) electrons. The zero-order valence-electron chi connectivity index (χ0n) is 9.78. The minimum Gasteiger partial charge on any atom is -0.481 e. The number of aliphatic carboxylic acids is 1. The van der Waals surface area contributed by atoms with Crippen LogP contribution in [0.3, 0.4) is 0 Å². The minimum atomic E-state index is -0.893. The number of hydrogen-bond donors (Lipinski definition) is 1. The topological polar surface area (TPSA) is 80.9 Å². The summed E-state index contributed by atoms with van der Waals surface area (Å²) < 4.78 is 1.40. The Kier molecular flexibility index (Phi) is 5.06. The highest BCUT2D eigenvalue weighted by Crippen LogP contribution is 2.19. The molecule has 0 saturated carbocycles. The van der Waals surface area contributed by atoms with Gasteiger partial charge in [0.25, 0.3) is 0 Å². The van der Waals surface area contributed by atoms with Crippen molar-refractivity contribution in [1.82, 2.24) is 20.2 Å². The fraction of sp³-hybridized carbons (Fsp3) is 0.455. The average molecular weight is 236 g/mol. The standard InChI is InChI=1S/C11H16N4O2/c1-3-4-5-6-7-8-9(11(16)17)10-12-13-14-15(10)2/h3-5,9H,1,6-8H2,2H3,(H,16,17). The Balaban J connectivity index is 2.56. The van der Waals surface area contributed by atoms with E-state index in [4.69, 9.17) is 5.11 Å². The van der Waals surface area contributed by atoms with Crippen LogP contribution in [0.1, 0.15) is 31.0 Å². The number of carboxylic acid groups (broad SMARTS) is 1. The van der Waals surface area contributed by atoms with Gasteiger partial charge in [-0.3, -0.25) is 4.79 Å². The summed E-state index contributed by atoms with van der Waals surface area (Å²) in [5.74, 6) is -1.15. The van der Waals surface area contributed by atoms with Gasteiger partial charge in [-0.2, -0.15) is 0 Å². The highest BCUT2D eigenvalue weighted by molar-refractivity contribution is 5.74. The quantitative estimate of drug-likeness (QED) is 0.570. The second kappa shape index (κ2) is 6.57. The van der Waals surface area contributed by atoms with E-state index in [-0.39, 0.29) is 0 Å². The molecule has 0 aliphatic carbocycles. The minimum absolute atomic E-state index is 0.394. The van der Waals surface area contributed by atoms with Crippen LogP contribution in [-0.2, 0) is 11.8 Å². The Morgan fingerprint density at radius 2 is 2.41 bits per heavy atom. The average Bonchev–Trinajstić information content (AvgIpc) is 2.69. The van der Waals surface area contributed by atoms with Gasteiger partial charge in [-0.1, -0.05) is 24.8 Å². The molecule has 0 aliphatic heterocycles. The van der Waals surface area contributed by atoms with Gasteiger partial charge in [-0.05, 0) is 29.7 Å². The molecular formula is C11H16N4O2. The molecule has 0 bridgehead atoms. The van der Waals surface area contributed by atoms with E-state index in [0.717, 1.165) is 12.8 Å². The maximum atomic E-state index is 11.1. The number of allylic oxidation sites excluding steroid dienone is 3. The number of aryl methyl sites for hydroxylation is 1. The molecule has 6 heteroatoms. The summed E-state index contributed by atoms with van der Waals surface area (Å²) in [6, 6.07) is 0. The van der Waals surface area contributed by atoms with Crippen molar-refractivity contribution in [3.05, 3.63) is 30.6 Å². The van der Waals surface area contributed by atoms with Crippen LogP contribution < -0.4 is 0 Å². The number of hydrogen-bond acceptors (Lipinski definition) is 4. The van der Waals surface area contributed by atoms with Crippen molar-refractivity contribution in [2.45, 2.75) is 25.2 Å². The van der Waals surface area contributed by atoms with Gasteiger partial charge in [-0.25, -0.2) is 4.68 Å². The third kappa shape index (κ3) is 3.82. The highest BCUT2D eigenvalue weighted by atomic mass is 16.4. The van der Waals surface area contributed by atoms with Gasteiger partial charge < -0.3 is 5.11 Å². The summed E-state index contributed by atoms with van der Waals surface area (Å²) in [6.45, 7) is 3.56. The van der Waals surface area contributed by atoms with Crippen LogP contribution in [0.15, 0.2) is 24.8 Å². The molecule has 6 nitrogen and oxygen atoms in total. The molecule has 0 aromatic carbocycles. The van der Waals surface area contributed by atoms with Gasteiger partial charge in [0.1, 0.15) is 5.92 Å². The van der Waals surface area contributed by atoms with Crippen LogP contribution in [0.5, 0.6) is 0 Å². The van der Waals surface area contributed by atoms with Gasteiger partial charge in [0, 0.05) is 7.05 Å². The Hall–Kier alpha value is -1.98. The van der Waals surface area contributed by atoms with Gasteiger partial charge in [0.05, 0.1) is 0 Å². The molecule has 0 aliphatic rings. The normalized spacial score (nSPS) is 12.8. The maximum Gasteiger partial charge on any atom is 0.314 e. The first kappa shape index (κ1) is 13.1. The number of tetrazole rings is 1. The highest BCUT2D eigenvalue weighted by Gasteiger charge is 2.24. The molecule has 1 aromatic heterocycles. The van der Waals surface area contributed by atoms with Crippen LogP contribution >= 0.6 is 0 Å². The van der Waals surface area contributed by atoms with Crippen LogP contribution in [0, 0.1) is 0 Å². The summed E-state index contributed by atoms with van der Waals surface area (Å²) in [5.41, 5.74) is 0. The summed E-state index contributed by atoms with van der Waals surface area (Å²) >= 11 is 0. The van der Waals surface area contributed by atoms with Crippen molar-refractivity contribution in [3.8, 4) is 0 Å². The third-order valence-electron chi connectivity index (χ3n) is 2.40. The lowest BCUT2D eigenvalue weighted by molar-refractivity contribution is -0.139. The Morgan fingerprint density at radius 1 is 1.65 bits per heavy atom. The van der Waals surface area contributed by atoms with Gasteiger partial charge in [0.15, 0.2) is 5.82 Å². The smallest absolute Gasteiger partial charge is 0.314 e. The summed E-state index contributed by atoms with van der Waals surface area (Å²) in [5, 5.41) is 20.0. The maximum absolute atomic E-state index is 11.1. The number of carboxylic acids is 1. The Labute approximate surface area is 99.6 Å². The molecule has 17 heavy (non-hydrogen) atoms. The fourth-order valence-corrected chi connectivity index (χ4v) is 1.53. The molecule has 92 valence electrons. The molecule has 0 saturated heterocycles. The molecule has 1 rings (SSSR count). The van der Waals surface area contributed by atoms with E-state index < -0.39 is 11.9 Å². The summed E-state index contributed by atoms with van der Waals surface area (Å²) in [6.07, 6.45) is 7.61. The van der Waals surface area contributed by atoms with Crippen LogP contribution in [0.25, 0.3) is 0 Å². The van der Waals surface area contributed by atoms with Crippen molar-refractivity contribution >= 4 is 5.97 Å². The Bertz CT molecular complexity index is 411. The molecule has 1 aromatic rings. The molecule has 0 amide bonds. The zero-order chi connectivity index (χ0) is 12.7. The van der Waals surface area contributed by atoms with E-state index in [0.29, 0.717) is 12.2 Å². The van der Waals surface area contributed by atoms with Crippen molar-refractivity contribution in [3.63, 3.8) is 0 Å². The lowest BCUT2D eigenvalue weighted by Gasteiger charge is -2.09. The summed E-state index contributed by atoms with van der Waals surface area (Å²) in [7, 11) is 1.64. The van der Waals surface area contributed by atoms with Gasteiger partial charge >= 0.3 is 5.97 Å². The molecule has 1 N–H and O–H groups in total. The summed E-state index contributed by atoms with van der Waals surface area (Å²) in [4.78, 5) is 11.1. The molecule has 1 unspecified atom stereocenters. The van der Waals surface area contributed by atoms with Crippen LogP contribution in [0.4, 0.5) is 0 Å². The monoisotopic (exact) mass is 236 g/mol. The molecule has 0 fully saturated rings. The van der Waals surface area contributed by atoms with Crippen molar-refractivity contribution < 1.29 is 9.90 Å². The number of rotatable bonds is 7. The lowest BCUT2D eigenvalue weighted by Crippen LogP contribution is -2.16. The Morgan fingerprint density at radius 3 is 2.94 bits per heavy atom. The number of aromatic nitrogens is 4. The van der Waals surface area contributed by atoms with E-state index in [2.05, 4.69) is 22.1 Å². The third-order valence-corrected chi connectivity index (χ3v) is 2.40. The number of carbonyl (C=O) groups is 1. The molecule has 1 atom stereocenters. The lowest BCUT2D eigenvalue weighted by atomic mass is 10.0. The molecule has 1 heterocycles. The van der Waals surface area contributed by atoms with E-state index in [9.17, 15) is 4.79 Å². The molecule has 0 spiro atoms. The van der Waals surface area contributed by atoms with Crippen LogP contribution in [0.2, 0.25) is 0 Å². The first-order valence-electron chi connectivity index (χ1n) is 5.39. The van der Waals surface area contributed by atoms with Crippen molar-refractivity contribution in [2.24, 2.45) is 7.05 Å². The fourth-order valence-electron chi connectivity index (χ4n) is 1.53.